The number of carbonyl (C=O) groups is 1. The highest BCUT2D eigenvalue weighted by Crippen LogP contribution is 2.48. The summed E-state index contributed by atoms with van der Waals surface area (Å²) in [4.78, 5) is 16.6. The predicted octanol–water partition coefficient (Wildman–Crippen LogP) is 4.29. The lowest BCUT2D eigenvalue weighted by Gasteiger charge is -2.07. The number of pyridine rings is 1. The molecular weight excluding hydrogens is 284 g/mol. The maximum Gasteiger partial charge on any atom is 0.228 e. The summed E-state index contributed by atoms with van der Waals surface area (Å²) in [6.07, 6.45) is 4.53. The van der Waals surface area contributed by atoms with Crippen LogP contribution in [0.1, 0.15) is 23.5 Å². The molecule has 1 amide bonds. The van der Waals surface area contributed by atoms with Crippen LogP contribution in [-0.2, 0) is 4.79 Å². The molecule has 1 N–H and O–H groups in total. The highest BCUT2D eigenvalue weighted by Gasteiger charge is 2.43. The van der Waals surface area contributed by atoms with Crippen LogP contribution in [-0.4, -0.2) is 10.9 Å². The van der Waals surface area contributed by atoms with E-state index in [9.17, 15) is 4.79 Å². The van der Waals surface area contributed by atoms with Crippen LogP contribution in [0.5, 0.6) is 0 Å². The molecule has 1 fully saturated rings. The van der Waals surface area contributed by atoms with Crippen LogP contribution >= 0.6 is 0 Å². The Hall–Kier alpha value is -2.68. The third kappa shape index (κ3) is 2.82. The molecule has 2 aromatic carbocycles. The van der Waals surface area contributed by atoms with Crippen LogP contribution < -0.4 is 5.32 Å². The van der Waals surface area contributed by atoms with E-state index in [1.165, 1.54) is 11.1 Å². The van der Waals surface area contributed by atoms with Gasteiger partial charge >= 0.3 is 0 Å². The minimum Gasteiger partial charge on any atom is -0.326 e. The van der Waals surface area contributed by atoms with Crippen LogP contribution in [0.4, 0.5) is 5.69 Å². The van der Waals surface area contributed by atoms with Crippen molar-refractivity contribution in [1.82, 2.24) is 4.98 Å². The van der Waals surface area contributed by atoms with Gasteiger partial charge in [-0.1, -0.05) is 35.9 Å². The Bertz CT molecular complexity index is 887. The van der Waals surface area contributed by atoms with Gasteiger partial charge in [-0.3, -0.25) is 9.78 Å². The molecule has 1 aliphatic carbocycles. The average Bonchev–Trinajstić information content (AvgIpc) is 3.35. The number of aromatic nitrogens is 1. The van der Waals surface area contributed by atoms with Crippen LogP contribution in [0.2, 0.25) is 0 Å². The summed E-state index contributed by atoms with van der Waals surface area (Å²) in [5.74, 6) is 0.564. The van der Waals surface area contributed by atoms with Crippen LogP contribution in [0.15, 0.2) is 60.9 Å². The lowest BCUT2D eigenvalue weighted by Crippen LogP contribution is -2.14. The number of amides is 1. The van der Waals surface area contributed by atoms with E-state index in [1.54, 1.807) is 6.20 Å². The fraction of sp³-hybridized carbons (Fsp3) is 0.200. The van der Waals surface area contributed by atoms with E-state index in [4.69, 9.17) is 0 Å². The zero-order valence-corrected chi connectivity index (χ0v) is 13.0. The molecule has 2 atom stereocenters. The summed E-state index contributed by atoms with van der Waals surface area (Å²) in [6, 6.07) is 16.3. The zero-order chi connectivity index (χ0) is 15.8. The van der Waals surface area contributed by atoms with E-state index in [1.807, 2.05) is 30.5 Å². The fourth-order valence-corrected chi connectivity index (χ4v) is 3.15. The molecule has 1 aromatic heterocycles. The molecule has 0 spiro atoms. The molecule has 1 aliphatic rings. The van der Waals surface area contributed by atoms with E-state index in [0.717, 1.165) is 22.9 Å². The molecule has 3 heteroatoms. The van der Waals surface area contributed by atoms with Gasteiger partial charge in [0.2, 0.25) is 5.91 Å². The number of anilines is 1. The summed E-state index contributed by atoms with van der Waals surface area (Å²) in [7, 11) is 0. The molecule has 0 saturated heterocycles. The number of nitrogens with one attached hydrogen (secondary N) is 1. The first-order chi connectivity index (χ1) is 11.2. The van der Waals surface area contributed by atoms with E-state index in [-0.39, 0.29) is 11.8 Å². The lowest BCUT2D eigenvalue weighted by atomic mass is 10.1. The molecule has 0 unspecified atom stereocenters. The molecule has 114 valence electrons. The molecule has 0 bridgehead atoms. The molecule has 23 heavy (non-hydrogen) atoms. The maximum atomic E-state index is 12.5. The van der Waals surface area contributed by atoms with Gasteiger partial charge in [0.15, 0.2) is 0 Å². The van der Waals surface area contributed by atoms with Crippen molar-refractivity contribution in [2.24, 2.45) is 5.92 Å². The van der Waals surface area contributed by atoms with Gasteiger partial charge < -0.3 is 5.32 Å². The van der Waals surface area contributed by atoms with Crippen LogP contribution in [0.3, 0.4) is 0 Å². The SMILES string of the molecule is Cc1cccc([C@@H]2C[C@H]2C(=O)Nc2ccc3cnccc3c2)c1. The smallest absolute Gasteiger partial charge is 0.228 e. The summed E-state index contributed by atoms with van der Waals surface area (Å²) in [5, 5.41) is 5.22. The third-order valence-electron chi connectivity index (χ3n) is 4.51. The van der Waals surface area contributed by atoms with Crippen molar-refractivity contribution in [3.63, 3.8) is 0 Å². The minimum absolute atomic E-state index is 0.0879. The summed E-state index contributed by atoms with van der Waals surface area (Å²) >= 11 is 0. The largest absolute Gasteiger partial charge is 0.326 e. The number of carbonyl (C=O) groups excluding carboxylic acids is 1. The predicted molar refractivity (Wildman–Crippen MR) is 92.4 cm³/mol. The van der Waals surface area contributed by atoms with Gasteiger partial charge in [-0.15, -0.1) is 0 Å². The third-order valence-corrected chi connectivity index (χ3v) is 4.51. The van der Waals surface area contributed by atoms with Gasteiger partial charge in [-0.2, -0.15) is 0 Å². The first kappa shape index (κ1) is 13.9. The van der Waals surface area contributed by atoms with Gasteiger partial charge in [0.25, 0.3) is 0 Å². The van der Waals surface area contributed by atoms with Crippen molar-refractivity contribution in [2.45, 2.75) is 19.3 Å². The summed E-state index contributed by atoms with van der Waals surface area (Å²) in [6.45, 7) is 2.09. The number of hydrogen-bond donors (Lipinski definition) is 1. The lowest BCUT2D eigenvalue weighted by molar-refractivity contribution is -0.117. The topological polar surface area (TPSA) is 42.0 Å². The number of benzene rings is 2. The second-order valence-electron chi connectivity index (χ2n) is 6.29. The first-order valence-electron chi connectivity index (χ1n) is 7.92. The second-order valence-corrected chi connectivity index (χ2v) is 6.29. The van der Waals surface area contributed by atoms with E-state index < -0.39 is 0 Å². The van der Waals surface area contributed by atoms with Crippen molar-refractivity contribution >= 4 is 22.4 Å². The average molecular weight is 302 g/mol. The maximum absolute atomic E-state index is 12.5. The van der Waals surface area contributed by atoms with E-state index in [0.29, 0.717) is 5.92 Å². The Kier molecular flexibility index (Phi) is 3.34. The minimum atomic E-state index is 0.0879. The number of fused-ring (bicyclic) bond motifs is 1. The molecule has 4 rings (SSSR count). The van der Waals surface area contributed by atoms with Crippen molar-refractivity contribution in [3.05, 3.63) is 72.1 Å². The normalized spacial score (nSPS) is 19.5. The quantitative estimate of drug-likeness (QED) is 0.784. The highest BCUT2D eigenvalue weighted by molar-refractivity contribution is 5.97. The standard InChI is InChI=1S/C20H18N2O/c1-13-3-2-4-15(9-13)18-11-19(18)20(23)22-17-6-5-16-12-21-8-7-14(16)10-17/h2-10,12,18-19H,11H2,1H3,(H,22,23)/t18-,19+/m0/s1. The van der Waals surface area contributed by atoms with E-state index >= 15 is 0 Å². The highest BCUT2D eigenvalue weighted by atomic mass is 16.2. The molecule has 3 nitrogen and oxygen atoms in total. The molecule has 3 aromatic rings. The zero-order valence-electron chi connectivity index (χ0n) is 13.0. The molecular formula is C20H18N2O. The summed E-state index contributed by atoms with van der Waals surface area (Å²) in [5.41, 5.74) is 3.37. The monoisotopic (exact) mass is 302 g/mol. The van der Waals surface area contributed by atoms with Gasteiger partial charge in [0.05, 0.1) is 0 Å². The number of nitrogens with zero attached hydrogens (tertiary/aromatic N) is 1. The molecule has 1 saturated carbocycles. The number of hydrogen-bond acceptors (Lipinski definition) is 2. The second kappa shape index (κ2) is 5.51. The van der Waals surface area contributed by atoms with E-state index in [2.05, 4.69) is 41.5 Å². The van der Waals surface area contributed by atoms with Crippen molar-refractivity contribution in [2.75, 3.05) is 5.32 Å². The Balaban J connectivity index is 1.48. The van der Waals surface area contributed by atoms with Gasteiger partial charge in [-0.25, -0.2) is 0 Å². The van der Waals surface area contributed by atoms with Crippen molar-refractivity contribution < 1.29 is 4.79 Å². The molecule has 0 radical (unpaired) electrons. The van der Waals surface area contributed by atoms with Crippen molar-refractivity contribution in [3.8, 4) is 0 Å². The Morgan fingerprint density at radius 3 is 2.91 bits per heavy atom. The van der Waals surface area contributed by atoms with Crippen LogP contribution in [0.25, 0.3) is 10.8 Å². The number of rotatable bonds is 3. The van der Waals surface area contributed by atoms with Crippen LogP contribution in [0, 0.1) is 12.8 Å². The Morgan fingerprint density at radius 2 is 2.04 bits per heavy atom. The van der Waals surface area contributed by atoms with Gasteiger partial charge in [-0.05, 0) is 48.4 Å². The fourth-order valence-electron chi connectivity index (χ4n) is 3.15. The first-order valence-corrected chi connectivity index (χ1v) is 7.92. The van der Waals surface area contributed by atoms with Gasteiger partial charge in [0.1, 0.15) is 0 Å². The Morgan fingerprint density at radius 1 is 1.13 bits per heavy atom. The molecule has 1 heterocycles. The van der Waals surface area contributed by atoms with Crippen molar-refractivity contribution in [1.29, 1.82) is 0 Å². The Labute approximate surface area is 135 Å². The summed E-state index contributed by atoms with van der Waals surface area (Å²) < 4.78 is 0. The molecule has 0 aliphatic heterocycles. The van der Waals surface area contributed by atoms with Gasteiger partial charge in [0, 0.05) is 29.4 Å². The number of aryl methyl sites for hydroxylation is 1.